The highest BCUT2D eigenvalue weighted by atomic mass is 32.2. The first kappa shape index (κ1) is 17.2. The lowest BCUT2D eigenvalue weighted by Crippen LogP contribution is -2.24. The monoisotopic (exact) mass is 355 g/mol. The molecule has 3 rings (SSSR count). The van der Waals surface area contributed by atoms with Gasteiger partial charge in [-0.1, -0.05) is 24.3 Å². The number of thioether (sulfide) groups is 1. The molecule has 0 aliphatic carbocycles. The van der Waals surface area contributed by atoms with Crippen molar-refractivity contribution in [2.24, 2.45) is 0 Å². The molecule has 1 aromatic heterocycles. The third-order valence-corrected chi connectivity index (χ3v) is 4.63. The van der Waals surface area contributed by atoms with E-state index < -0.39 is 0 Å². The van der Waals surface area contributed by atoms with E-state index >= 15 is 0 Å². The number of nitrogens with zero attached hydrogens (tertiary/aromatic N) is 2. The van der Waals surface area contributed by atoms with Crippen LogP contribution in [-0.4, -0.2) is 21.2 Å². The Morgan fingerprint density at radius 1 is 1.08 bits per heavy atom. The summed E-state index contributed by atoms with van der Waals surface area (Å²) in [4.78, 5) is 16.8. The van der Waals surface area contributed by atoms with Crippen molar-refractivity contribution in [3.8, 4) is 0 Å². The molecule has 0 aliphatic rings. The van der Waals surface area contributed by atoms with E-state index in [4.69, 9.17) is 0 Å². The number of carbonyl (C=O) groups is 1. The quantitative estimate of drug-likeness (QED) is 0.660. The van der Waals surface area contributed by atoms with Crippen molar-refractivity contribution in [2.45, 2.75) is 18.0 Å². The zero-order valence-electron chi connectivity index (χ0n) is 13.6. The predicted octanol–water partition coefficient (Wildman–Crippen LogP) is 3.48. The second kappa shape index (κ2) is 8.48. The summed E-state index contributed by atoms with van der Waals surface area (Å²) in [5.74, 6) is -0.00763. The summed E-state index contributed by atoms with van der Waals surface area (Å²) in [7, 11) is 0. The van der Waals surface area contributed by atoms with E-state index in [1.807, 2.05) is 22.9 Å². The molecule has 1 amide bonds. The Kier molecular flexibility index (Phi) is 5.85. The standard InChI is InChI=1S/C19H18FN3OS/c20-17-5-7-18(8-6-17)25-13-19(24)22-11-15-1-3-16(4-2-15)12-23-10-9-21-14-23/h1-10,14H,11-13H2,(H,22,24). The van der Waals surface area contributed by atoms with Gasteiger partial charge in [0, 0.05) is 30.4 Å². The van der Waals surface area contributed by atoms with E-state index in [1.54, 1.807) is 24.7 Å². The lowest BCUT2D eigenvalue weighted by Gasteiger charge is -2.07. The van der Waals surface area contributed by atoms with Crippen LogP contribution in [0.5, 0.6) is 0 Å². The summed E-state index contributed by atoms with van der Waals surface area (Å²) in [5, 5.41) is 2.90. The van der Waals surface area contributed by atoms with Crippen LogP contribution in [0.2, 0.25) is 0 Å². The van der Waals surface area contributed by atoms with Crippen LogP contribution in [0.4, 0.5) is 4.39 Å². The summed E-state index contributed by atoms with van der Waals surface area (Å²) in [6.45, 7) is 1.27. The first-order valence-corrected chi connectivity index (χ1v) is 8.86. The molecule has 128 valence electrons. The van der Waals surface area contributed by atoms with Crippen LogP contribution in [0.15, 0.2) is 72.1 Å². The zero-order chi connectivity index (χ0) is 17.5. The van der Waals surface area contributed by atoms with Gasteiger partial charge in [-0.2, -0.15) is 0 Å². The van der Waals surface area contributed by atoms with Gasteiger partial charge in [-0.15, -0.1) is 11.8 Å². The topological polar surface area (TPSA) is 46.9 Å². The Hall–Kier alpha value is -2.60. The maximum absolute atomic E-state index is 12.8. The van der Waals surface area contributed by atoms with Crippen molar-refractivity contribution < 1.29 is 9.18 Å². The maximum Gasteiger partial charge on any atom is 0.230 e. The number of halogens is 1. The molecule has 6 heteroatoms. The normalized spacial score (nSPS) is 10.6. The van der Waals surface area contributed by atoms with E-state index in [0.29, 0.717) is 12.3 Å². The van der Waals surface area contributed by atoms with Gasteiger partial charge in [-0.05, 0) is 35.4 Å². The van der Waals surface area contributed by atoms with Crippen molar-refractivity contribution in [1.82, 2.24) is 14.9 Å². The van der Waals surface area contributed by atoms with Crippen LogP contribution < -0.4 is 5.32 Å². The number of amides is 1. The van der Waals surface area contributed by atoms with E-state index in [1.165, 1.54) is 29.5 Å². The molecule has 25 heavy (non-hydrogen) atoms. The molecule has 0 aliphatic heterocycles. The highest BCUT2D eigenvalue weighted by Gasteiger charge is 2.04. The number of rotatable bonds is 7. The van der Waals surface area contributed by atoms with Crippen LogP contribution in [0.25, 0.3) is 0 Å². The Labute approximate surface area is 150 Å². The summed E-state index contributed by atoms with van der Waals surface area (Å²) in [5.41, 5.74) is 2.23. The van der Waals surface area contributed by atoms with E-state index in [-0.39, 0.29) is 11.7 Å². The molecular formula is C19H18FN3OS. The first-order valence-electron chi connectivity index (χ1n) is 7.88. The van der Waals surface area contributed by atoms with Crippen molar-refractivity contribution >= 4 is 17.7 Å². The molecule has 3 aromatic rings. The smallest absolute Gasteiger partial charge is 0.230 e. The molecule has 1 N–H and O–H groups in total. The molecule has 1 heterocycles. The van der Waals surface area contributed by atoms with Gasteiger partial charge in [0.1, 0.15) is 5.82 Å². The summed E-state index contributed by atoms with van der Waals surface area (Å²) in [6, 6.07) is 14.3. The molecule has 0 saturated carbocycles. The van der Waals surface area contributed by atoms with Gasteiger partial charge in [0.15, 0.2) is 0 Å². The van der Waals surface area contributed by atoms with Gasteiger partial charge in [0.2, 0.25) is 5.91 Å². The van der Waals surface area contributed by atoms with E-state index in [0.717, 1.165) is 17.0 Å². The number of aromatic nitrogens is 2. The molecule has 4 nitrogen and oxygen atoms in total. The lowest BCUT2D eigenvalue weighted by atomic mass is 10.1. The fourth-order valence-corrected chi connectivity index (χ4v) is 3.01. The summed E-state index contributed by atoms with van der Waals surface area (Å²) in [6.07, 6.45) is 5.47. The predicted molar refractivity (Wildman–Crippen MR) is 96.7 cm³/mol. The Morgan fingerprint density at radius 3 is 2.48 bits per heavy atom. The second-order valence-electron chi connectivity index (χ2n) is 5.57. The average Bonchev–Trinajstić information content (AvgIpc) is 3.14. The minimum absolute atomic E-state index is 0.0446. The lowest BCUT2D eigenvalue weighted by molar-refractivity contribution is -0.118. The van der Waals surface area contributed by atoms with Gasteiger partial charge in [-0.3, -0.25) is 4.79 Å². The van der Waals surface area contributed by atoms with Crippen LogP contribution >= 0.6 is 11.8 Å². The Morgan fingerprint density at radius 2 is 1.80 bits per heavy atom. The van der Waals surface area contributed by atoms with E-state index in [9.17, 15) is 9.18 Å². The molecule has 0 bridgehead atoms. The first-order chi connectivity index (χ1) is 12.2. The molecule has 0 fully saturated rings. The number of carbonyl (C=O) groups excluding carboxylic acids is 1. The fourth-order valence-electron chi connectivity index (χ4n) is 2.28. The summed E-state index contributed by atoms with van der Waals surface area (Å²) < 4.78 is 14.8. The molecular weight excluding hydrogens is 337 g/mol. The minimum Gasteiger partial charge on any atom is -0.351 e. The number of nitrogens with one attached hydrogen (secondary N) is 1. The third-order valence-electron chi connectivity index (χ3n) is 3.62. The van der Waals surface area contributed by atoms with Gasteiger partial charge >= 0.3 is 0 Å². The fraction of sp³-hybridized carbons (Fsp3) is 0.158. The van der Waals surface area contributed by atoms with Crippen LogP contribution in [0, 0.1) is 5.82 Å². The highest BCUT2D eigenvalue weighted by molar-refractivity contribution is 8.00. The molecule has 0 saturated heterocycles. The number of hydrogen-bond donors (Lipinski definition) is 1. The highest BCUT2D eigenvalue weighted by Crippen LogP contribution is 2.17. The largest absolute Gasteiger partial charge is 0.351 e. The second-order valence-corrected chi connectivity index (χ2v) is 6.62. The number of imidazole rings is 1. The average molecular weight is 355 g/mol. The van der Waals surface area contributed by atoms with Crippen molar-refractivity contribution in [2.75, 3.05) is 5.75 Å². The van der Waals surface area contributed by atoms with Crippen molar-refractivity contribution in [1.29, 1.82) is 0 Å². The minimum atomic E-state index is -0.273. The van der Waals surface area contributed by atoms with Crippen LogP contribution in [-0.2, 0) is 17.9 Å². The van der Waals surface area contributed by atoms with Crippen LogP contribution in [0.3, 0.4) is 0 Å². The number of hydrogen-bond acceptors (Lipinski definition) is 3. The molecule has 0 spiro atoms. The summed E-state index contributed by atoms with van der Waals surface area (Å²) >= 11 is 1.39. The Balaban J connectivity index is 1.43. The van der Waals surface area contributed by atoms with Gasteiger partial charge in [0.05, 0.1) is 12.1 Å². The molecule has 0 unspecified atom stereocenters. The molecule has 2 aromatic carbocycles. The molecule has 0 radical (unpaired) electrons. The number of benzene rings is 2. The molecule has 0 atom stereocenters. The Bertz CT molecular complexity index is 802. The van der Waals surface area contributed by atoms with Crippen LogP contribution in [0.1, 0.15) is 11.1 Å². The third kappa shape index (κ3) is 5.46. The van der Waals surface area contributed by atoms with Gasteiger partial charge in [-0.25, -0.2) is 9.37 Å². The maximum atomic E-state index is 12.8. The van der Waals surface area contributed by atoms with Crippen molar-refractivity contribution in [3.63, 3.8) is 0 Å². The van der Waals surface area contributed by atoms with Gasteiger partial charge in [0.25, 0.3) is 0 Å². The van der Waals surface area contributed by atoms with Gasteiger partial charge < -0.3 is 9.88 Å². The SMILES string of the molecule is O=C(CSc1ccc(F)cc1)NCc1ccc(Cn2ccnc2)cc1. The van der Waals surface area contributed by atoms with E-state index in [2.05, 4.69) is 22.4 Å². The van der Waals surface area contributed by atoms with Crippen molar-refractivity contribution in [3.05, 3.63) is 84.2 Å². The zero-order valence-corrected chi connectivity index (χ0v) is 14.4.